The van der Waals surface area contributed by atoms with E-state index in [-0.39, 0.29) is 21.7 Å². The van der Waals surface area contributed by atoms with Gasteiger partial charge in [0.15, 0.2) is 0 Å². The number of para-hydroxylation sites is 1. The van der Waals surface area contributed by atoms with E-state index in [1.165, 1.54) is 12.5 Å². The molecule has 1 amide bonds. The number of hydrogen-bond acceptors (Lipinski definition) is 8. The number of anilines is 1. The Hall–Kier alpha value is -4.38. The quantitative estimate of drug-likeness (QED) is 0.386. The second-order valence-corrected chi connectivity index (χ2v) is 8.00. The van der Waals surface area contributed by atoms with Crippen LogP contribution < -0.4 is 10.9 Å². The van der Waals surface area contributed by atoms with Gasteiger partial charge in [0.05, 0.1) is 24.7 Å². The Kier molecular flexibility index (Phi) is 5.15. The number of benzene rings is 2. The van der Waals surface area contributed by atoms with Crippen molar-refractivity contribution in [2.45, 2.75) is 6.54 Å². The molecule has 0 fully saturated rings. The first-order chi connectivity index (χ1) is 16.0. The zero-order valence-electron chi connectivity index (χ0n) is 17.2. The molecule has 0 atom stereocenters. The van der Waals surface area contributed by atoms with Crippen LogP contribution in [0.4, 0.5) is 5.95 Å². The second kappa shape index (κ2) is 8.28. The molecule has 0 unspecified atom stereocenters. The number of nitrogens with zero attached hydrogens (tertiary/aromatic N) is 4. The average Bonchev–Trinajstić information content (AvgIpc) is 3.44. The van der Waals surface area contributed by atoms with E-state index in [2.05, 4.69) is 25.6 Å². The van der Waals surface area contributed by atoms with Gasteiger partial charge in [-0.05, 0) is 29.8 Å². The average molecular weight is 460 g/mol. The van der Waals surface area contributed by atoms with E-state index in [0.717, 1.165) is 27.9 Å². The molecule has 164 valence electrons. The molecule has 2 aromatic carbocycles. The summed E-state index contributed by atoms with van der Waals surface area (Å²) in [7, 11) is 1.25. The summed E-state index contributed by atoms with van der Waals surface area (Å²) in [5.74, 6) is -1.11. The third-order valence-corrected chi connectivity index (χ3v) is 6.00. The SMILES string of the molecule is COC(=O)c1csc2c(=O)[nH]c(NC(=O)c3ccc(Cn4nnc5ccccc54)cc3)nc12. The van der Waals surface area contributed by atoms with Gasteiger partial charge in [-0.15, -0.1) is 16.4 Å². The standard InChI is InChI=1S/C22H16N6O4S/c1-32-21(31)14-11-33-18-17(14)23-22(25-20(18)30)24-19(29)13-8-6-12(7-9-13)10-28-16-5-3-2-4-15(16)26-27-28/h2-9,11H,10H2,1H3,(H2,23,24,25,29,30). The Bertz CT molecular complexity index is 1570. The first-order valence-electron chi connectivity index (χ1n) is 9.82. The van der Waals surface area contributed by atoms with Gasteiger partial charge in [0.2, 0.25) is 5.95 Å². The fourth-order valence-electron chi connectivity index (χ4n) is 3.39. The van der Waals surface area contributed by atoms with E-state index in [1.807, 2.05) is 36.4 Å². The van der Waals surface area contributed by atoms with Crippen molar-refractivity contribution in [1.82, 2.24) is 25.0 Å². The van der Waals surface area contributed by atoms with Crippen LogP contribution in [-0.4, -0.2) is 43.9 Å². The van der Waals surface area contributed by atoms with Gasteiger partial charge in [-0.25, -0.2) is 14.5 Å². The molecule has 2 N–H and O–H groups in total. The van der Waals surface area contributed by atoms with E-state index in [0.29, 0.717) is 12.1 Å². The lowest BCUT2D eigenvalue weighted by atomic mass is 10.1. The van der Waals surface area contributed by atoms with Crippen LogP contribution in [0.5, 0.6) is 0 Å². The molecular formula is C22H16N6O4S. The molecule has 0 bridgehead atoms. The molecule has 0 spiro atoms. The van der Waals surface area contributed by atoms with Crippen LogP contribution in [0.15, 0.2) is 58.7 Å². The fraction of sp³-hybridized carbons (Fsp3) is 0.0909. The van der Waals surface area contributed by atoms with E-state index in [9.17, 15) is 14.4 Å². The fourth-order valence-corrected chi connectivity index (χ4v) is 4.26. The Labute approximate surface area is 189 Å². The molecule has 3 aromatic heterocycles. The molecule has 33 heavy (non-hydrogen) atoms. The summed E-state index contributed by atoms with van der Waals surface area (Å²) in [6, 6.07) is 14.7. The van der Waals surface area contributed by atoms with Crippen LogP contribution >= 0.6 is 11.3 Å². The summed E-state index contributed by atoms with van der Waals surface area (Å²) in [4.78, 5) is 43.7. The number of nitrogens with one attached hydrogen (secondary N) is 2. The van der Waals surface area contributed by atoms with Gasteiger partial charge in [-0.3, -0.25) is 19.9 Å². The summed E-state index contributed by atoms with van der Waals surface area (Å²) in [5, 5.41) is 12.4. The van der Waals surface area contributed by atoms with Crippen LogP contribution in [0, 0.1) is 0 Å². The first kappa shape index (κ1) is 20.5. The van der Waals surface area contributed by atoms with Crippen molar-refractivity contribution < 1.29 is 14.3 Å². The minimum atomic E-state index is -0.604. The second-order valence-electron chi connectivity index (χ2n) is 7.12. The highest BCUT2D eigenvalue weighted by Gasteiger charge is 2.18. The van der Waals surface area contributed by atoms with Gasteiger partial charge in [0.25, 0.3) is 11.5 Å². The Balaban J connectivity index is 1.35. The topological polar surface area (TPSA) is 132 Å². The van der Waals surface area contributed by atoms with Gasteiger partial charge in [-0.1, -0.05) is 29.5 Å². The van der Waals surface area contributed by atoms with Crippen molar-refractivity contribution in [3.05, 3.63) is 81.0 Å². The van der Waals surface area contributed by atoms with Crippen LogP contribution in [0.3, 0.4) is 0 Å². The molecule has 0 radical (unpaired) electrons. The Morgan fingerprint density at radius 2 is 1.94 bits per heavy atom. The number of amides is 1. The third kappa shape index (κ3) is 3.85. The number of ether oxygens (including phenoxy) is 1. The van der Waals surface area contributed by atoms with E-state index in [1.54, 1.807) is 16.8 Å². The number of aromatic nitrogens is 5. The number of carbonyl (C=O) groups excluding carboxylic acids is 2. The van der Waals surface area contributed by atoms with E-state index < -0.39 is 17.4 Å². The van der Waals surface area contributed by atoms with Gasteiger partial charge in [0, 0.05) is 10.9 Å². The predicted molar refractivity (Wildman–Crippen MR) is 123 cm³/mol. The molecule has 5 aromatic rings. The highest BCUT2D eigenvalue weighted by molar-refractivity contribution is 7.17. The number of H-pyrrole nitrogens is 1. The lowest BCUT2D eigenvalue weighted by Crippen LogP contribution is -2.18. The third-order valence-electron chi connectivity index (χ3n) is 5.03. The number of methoxy groups -OCH3 is 1. The van der Waals surface area contributed by atoms with Crippen molar-refractivity contribution in [1.29, 1.82) is 0 Å². The summed E-state index contributed by atoms with van der Waals surface area (Å²) in [6.45, 7) is 0.502. The number of rotatable bonds is 5. The van der Waals surface area contributed by atoms with Crippen molar-refractivity contribution >= 4 is 50.4 Å². The van der Waals surface area contributed by atoms with Gasteiger partial charge < -0.3 is 4.74 Å². The molecule has 5 rings (SSSR count). The van der Waals surface area contributed by atoms with Crippen LogP contribution in [0.1, 0.15) is 26.3 Å². The largest absolute Gasteiger partial charge is 0.465 e. The highest BCUT2D eigenvalue weighted by atomic mass is 32.1. The molecule has 0 saturated heterocycles. The summed E-state index contributed by atoms with van der Waals surface area (Å²) >= 11 is 1.08. The van der Waals surface area contributed by atoms with E-state index in [4.69, 9.17) is 4.74 Å². The summed E-state index contributed by atoms with van der Waals surface area (Å²) < 4.78 is 6.79. The number of fused-ring (bicyclic) bond motifs is 2. The predicted octanol–water partition coefficient (Wildman–Crippen LogP) is 2.82. The van der Waals surface area contributed by atoms with Gasteiger partial charge in [-0.2, -0.15) is 0 Å². The lowest BCUT2D eigenvalue weighted by molar-refractivity contribution is 0.0603. The molecule has 10 nitrogen and oxygen atoms in total. The molecule has 0 aliphatic heterocycles. The Morgan fingerprint density at radius 3 is 2.73 bits per heavy atom. The lowest BCUT2D eigenvalue weighted by Gasteiger charge is -2.07. The van der Waals surface area contributed by atoms with Crippen molar-refractivity contribution in [3.63, 3.8) is 0 Å². The van der Waals surface area contributed by atoms with E-state index >= 15 is 0 Å². The summed E-state index contributed by atoms with van der Waals surface area (Å²) in [6.07, 6.45) is 0. The van der Waals surface area contributed by atoms with Crippen molar-refractivity contribution in [2.24, 2.45) is 0 Å². The van der Waals surface area contributed by atoms with Crippen LogP contribution in [0.25, 0.3) is 21.3 Å². The van der Waals surface area contributed by atoms with Gasteiger partial charge >= 0.3 is 5.97 Å². The maximum atomic E-state index is 12.7. The molecule has 0 saturated carbocycles. The zero-order chi connectivity index (χ0) is 22.9. The monoisotopic (exact) mass is 460 g/mol. The molecule has 3 heterocycles. The summed E-state index contributed by atoms with van der Waals surface area (Å²) in [5.41, 5.74) is 2.95. The minimum absolute atomic E-state index is 0.0563. The van der Waals surface area contributed by atoms with Crippen LogP contribution in [-0.2, 0) is 11.3 Å². The molecule has 0 aliphatic carbocycles. The minimum Gasteiger partial charge on any atom is -0.465 e. The molecular weight excluding hydrogens is 444 g/mol. The smallest absolute Gasteiger partial charge is 0.340 e. The first-order valence-corrected chi connectivity index (χ1v) is 10.7. The molecule has 11 heteroatoms. The number of thiophene rings is 1. The highest BCUT2D eigenvalue weighted by Crippen LogP contribution is 2.22. The van der Waals surface area contributed by atoms with Crippen molar-refractivity contribution in [2.75, 3.05) is 12.4 Å². The maximum absolute atomic E-state index is 12.7. The van der Waals surface area contributed by atoms with Crippen LogP contribution in [0.2, 0.25) is 0 Å². The number of esters is 1. The normalized spacial score (nSPS) is 11.1. The Morgan fingerprint density at radius 1 is 1.15 bits per heavy atom. The number of hydrogen-bond donors (Lipinski definition) is 2. The number of carbonyl (C=O) groups is 2. The maximum Gasteiger partial charge on any atom is 0.340 e. The molecule has 0 aliphatic rings. The van der Waals surface area contributed by atoms with Crippen molar-refractivity contribution in [3.8, 4) is 0 Å². The number of aromatic amines is 1. The zero-order valence-corrected chi connectivity index (χ0v) is 18.0. The van der Waals surface area contributed by atoms with Gasteiger partial charge in [0.1, 0.15) is 15.7 Å².